The molecule has 3 N–H and O–H groups in total. The number of primary amides is 1. The Kier molecular flexibility index (Phi) is 6.30. The van der Waals surface area contributed by atoms with E-state index in [2.05, 4.69) is 4.98 Å². The zero-order chi connectivity index (χ0) is 23.5. The Labute approximate surface area is 190 Å². The second kappa shape index (κ2) is 9.32. The van der Waals surface area contributed by atoms with E-state index in [9.17, 15) is 19.1 Å². The number of hydrogen-bond acceptors (Lipinski definition) is 5. The Morgan fingerprint density at radius 2 is 2.00 bits per heavy atom. The number of phenols is 1. The number of aryl methyl sites for hydroxylation is 1. The van der Waals surface area contributed by atoms with E-state index in [1.165, 1.54) is 17.0 Å². The van der Waals surface area contributed by atoms with Crippen LogP contribution in [0.2, 0.25) is 0 Å². The number of likely N-dealkylation sites (tertiary alicyclic amines) is 1. The van der Waals surface area contributed by atoms with Gasteiger partial charge in [0.25, 0.3) is 5.91 Å². The molecule has 0 saturated carbocycles. The van der Waals surface area contributed by atoms with Gasteiger partial charge in [0, 0.05) is 31.8 Å². The second-order valence-corrected chi connectivity index (χ2v) is 8.14. The number of nitrogens with zero attached hydrogens (tertiary/aromatic N) is 3. The summed E-state index contributed by atoms with van der Waals surface area (Å²) in [5, 5.41) is 9.36. The lowest BCUT2D eigenvalue weighted by molar-refractivity contribution is -0.134. The summed E-state index contributed by atoms with van der Waals surface area (Å²) in [7, 11) is 1.84. The van der Waals surface area contributed by atoms with Crippen LogP contribution in [0.4, 0.5) is 4.39 Å². The number of hydrogen-bond donors (Lipinski definition) is 2. The molecule has 2 amide bonds. The number of carbonyl (C=O) groups is 2. The van der Waals surface area contributed by atoms with Crippen LogP contribution in [0.1, 0.15) is 22.3 Å². The molecule has 0 bridgehead atoms. The van der Waals surface area contributed by atoms with Gasteiger partial charge in [0.15, 0.2) is 6.17 Å². The molecule has 0 unspecified atom stereocenters. The number of rotatable bonds is 6. The molecule has 9 heteroatoms. The lowest BCUT2D eigenvalue weighted by Gasteiger charge is -2.35. The number of phenolic OH excluding ortho intramolecular Hbond substituents is 1. The van der Waals surface area contributed by atoms with E-state index >= 15 is 0 Å². The summed E-state index contributed by atoms with van der Waals surface area (Å²) in [5.74, 6) is -0.547. The van der Waals surface area contributed by atoms with Crippen molar-refractivity contribution in [3.8, 4) is 22.8 Å². The minimum atomic E-state index is -1.42. The van der Waals surface area contributed by atoms with Crippen LogP contribution in [0, 0.1) is 0 Å². The first-order valence-electron chi connectivity index (χ1n) is 10.6. The number of carbonyl (C=O) groups excluding carboxylic acids is 2. The summed E-state index contributed by atoms with van der Waals surface area (Å²) < 4.78 is 22.6. The predicted molar refractivity (Wildman–Crippen MR) is 119 cm³/mol. The highest BCUT2D eigenvalue weighted by molar-refractivity contribution is 5.97. The third-order valence-electron chi connectivity index (χ3n) is 5.65. The quantitative estimate of drug-likeness (QED) is 0.597. The molecule has 3 aromatic rings. The number of nitrogens with two attached hydrogens (primary N) is 1. The van der Waals surface area contributed by atoms with Gasteiger partial charge in [-0.2, -0.15) is 0 Å². The summed E-state index contributed by atoms with van der Waals surface area (Å²) in [6.45, 7) is 0.236. The highest BCUT2D eigenvalue weighted by Crippen LogP contribution is 2.29. The Bertz CT molecular complexity index is 1160. The molecule has 1 fully saturated rings. The van der Waals surface area contributed by atoms with Crippen LogP contribution in [0.15, 0.2) is 55.0 Å². The van der Waals surface area contributed by atoms with Gasteiger partial charge in [-0.05, 0) is 35.9 Å². The van der Waals surface area contributed by atoms with Gasteiger partial charge >= 0.3 is 0 Å². The lowest BCUT2D eigenvalue weighted by Crippen LogP contribution is -2.49. The minimum Gasteiger partial charge on any atom is -0.508 e. The molecule has 2 aromatic carbocycles. The van der Waals surface area contributed by atoms with Crippen LogP contribution in [0.5, 0.6) is 11.5 Å². The summed E-state index contributed by atoms with van der Waals surface area (Å²) in [5.41, 5.74) is 7.81. The van der Waals surface area contributed by atoms with Gasteiger partial charge < -0.3 is 25.0 Å². The molecule has 2 atom stereocenters. The molecule has 1 aromatic heterocycles. The van der Waals surface area contributed by atoms with Crippen LogP contribution in [0.25, 0.3) is 11.3 Å². The van der Waals surface area contributed by atoms with Crippen LogP contribution in [-0.2, 0) is 18.3 Å². The fourth-order valence-corrected chi connectivity index (χ4v) is 3.85. The maximum absolute atomic E-state index is 14.9. The van der Waals surface area contributed by atoms with E-state index in [0.29, 0.717) is 17.8 Å². The molecule has 1 aliphatic rings. The second-order valence-electron chi connectivity index (χ2n) is 8.14. The van der Waals surface area contributed by atoms with Gasteiger partial charge in [0.1, 0.15) is 17.6 Å². The Morgan fingerprint density at radius 1 is 1.24 bits per heavy atom. The summed E-state index contributed by atoms with van der Waals surface area (Å²) in [4.78, 5) is 30.3. The topological polar surface area (TPSA) is 111 Å². The molecule has 172 valence electrons. The number of imidazole rings is 1. The fourth-order valence-electron chi connectivity index (χ4n) is 3.85. The van der Waals surface area contributed by atoms with Gasteiger partial charge in [-0.15, -0.1) is 0 Å². The molecule has 33 heavy (non-hydrogen) atoms. The normalized spacial score (nSPS) is 18.2. The fraction of sp³-hybridized carbons (Fsp3) is 0.292. The van der Waals surface area contributed by atoms with Crippen molar-refractivity contribution in [2.45, 2.75) is 25.1 Å². The molecule has 2 heterocycles. The molecular formula is C24H25FN4O4. The van der Waals surface area contributed by atoms with Crippen LogP contribution in [0.3, 0.4) is 0 Å². The molecule has 4 rings (SSSR count). The molecule has 0 spiro atoms. The predicted octanol–water partition coefficient (Wildman–Crippen LogP) is 2.45. The number of piperidine rings is 1. The number of benzene rings is 2. The van der Waals surface area contributed by atoms with E-state index in [1.54, 1.807) is 41.2 Å². The minimum absolute atomic E-state index is 0.0977. The standard InChI is InChI=1S/C24H25FN4O4/c1-28-13-20(27-14-28)16-4-7-21(18(11-16)24(26)32)33-22-8-9-29(12-19(22)25)23(31)10-15-2-5-17(30)6-3-15/h2-7,11,13-14,19,22,30H,8-10,12H2,1H3,(H2,26,32)/t19-,22+/m0/s1. The van der Waals surface area contributed by atoms with Crippen molar-refractivity contribution in [3.63, 3.8) is 0 Å². The smallest absolute Gasteiger partial charge is 0.252 e. The van der Waals surface area contributed by atoms with Crippen molar-refractivity contribution < 1.29 is 23.8 Å². The van der Waals surface area contributed by atoms with Crippen LogP contribution in [-0.4, -0.2) is 56.7 Å². The molecule has 1 saturated heterocycles. The number of aromatic hydroxyl groups is 1. The molecule has 0 radical (unpaired) electrons. The van der Waals surface area contributed by atoms with Crippen molar-refractivity contribution >= 4 is 11.8 Å². The SMILES string of the molecule is Cn1cnc(-c2ccc(O[C@@H]3CCN(C(=O)Cc4ccc(O)cc4)C[C@@H]3F)c(C(N)=O)c2)c1. The molecule has 0 aliphatic carbocycles. The van der Waals surface area contributed by atoms with Gasteiger partial charge in [-0.1, -0.05) is 12.1 Å². The third-order valence-corrected chi connectivity index (χ3v) is 5.65. The van der Waals surface area contributed by atoms with Crippen molar-refractivity contribution in [3.05, 3.63) is 66.1 Å². The molecule has 1 aliphatic heterocycles. The Hall–Kier alpha value is -3.88. The molecular weight excluding hydrogens is 427 g/mol. The van der Waals surface area contributed by atoms with E-state index in [-0.39, 0.29) is 42.4 Å². The maximum atomic E-state index is 14.9. The van der Waals surface area contributed by atoms with Gasteiger partial charge in [-0.25, -0.2) is 9.37 Å². The van der Waals surface area contributed by atoms with Crippen molar-refractivity contribution in [1.82, 2.24) is 14.5 Å². The summed E-state index contributed by atoms with van der Waals surface area (Å²) >= 11 is 0. The summed E-state index contributed by atoms with van der Waals surface area (Å²) in [6.07, 6.45) is 1.64. The highest BCUT2D eigenvalue weighted by Gasteiger charge is 2.33. The zero-order valence-electron chi connectivity index (χ0n) is 18.1. The van der Waals surface area contributed by atoms with E-state index < -0.39 is 18.2 Å². The Morgan fingerprint density at radius 3 is 2.64 bits per heavy atom. The van der Waals surface area contributed by atoms with E-state index in [4.69, 9.17) is 10.5 Å². The number of ether oxygens (including phenoxy) is 1. The van der Waals surface area contributed by atoms with E-state index in [0.717, 1.165) is 5.56 Å². The van der Waals surface area contributed by atoms with Gasteiger partial charge in [0.05, 0.1) is 30.6 Å². The van der Waals surface area contributed by atoms with Crippen molar-refractivity contribution in [2.24, 2.45) is 12.8 Å². The number of halogens is 1. The third kappa shape index (κ3) is 5.14. The van der Waals surface area contributed by atoms with E-state index in [1.807, 2.05) is 13.2 Å². The Balaban J connectivity index is 1.42. The average molecular weight is 452 g/mol. The molecule has 8 nitrogen and oxygen atoms in total. The number of amides is 2. The van der Waals surface area contributed by atoms with Crippen LogP contribution < -0.4 is 10.5 Å². The van der Waals surface area contributed by atoms with Crippen molar-refractivity contribution in [1.29, 1.82) is 0 Å². The highest BCUT2D eigenvalue weighted by atomic mass is 19.1. The maximum Gasteiger partial charge on any atom is 0.252 e. The van der Waals surface area contributed by atoms with Crippen molar-refractivity contribution in [2.75, 3.05) is 13.1 Å². The van der Waals surface area contributed by atoms with Gasteiger partial charge in [0.2, 0.25) is 5.91 Å². The first-order chi connectivity index (χ1) is 15.8. The number of aromatic nitrogens is 2. The lowest BCUT2D eigenvalue weighted by atomic mass is 10.0. The first kappa shape index (κ1) is 22.3. The largest absolute Gasteiger partial charge is 0.508 e. The monoisotopic (exact) mass is 452 g/mol. The summed E-state index contributed by atoms with van der Waals surface area (Å²) in [6, 6.07) is 11.3. The zero-order valence-corrected chi connectivity index (χ0v) is 18.1. The van der Waals surface area contributed by atoms with Gasteiger partial charge in [-0.3, -0.25) is 9.59 Å². The average Bonchev–Trinajstić information content (AvgIpc) is 3.23. The van der Waals surface area contributed by atoms with Crippen LogP contribution >= 0.6 is 0 Å². The first-order valence-corrected chi connectivity index (χ1v) is 10.6. The number of alkyl halides is 1.